The molecule has 2 aliphatic rings. The normalized spacial score (nSPS) is 21.1. The molecule has 0 aliphatic carbocycles. The number of fused-ring (bicyclic) bond motifs is 3. The Morgan fingerprint density at radius 3 is 2.65 bits per heavy atom. The fourth-order valence-electron chi connectivity index (χ4n) is 3.99. The summed E-state index contributed by atoms with van der Waals surface area (Å²) in [5.41, 5.74) is 6.59. The Hall–Kier alpha value is -2.97. The quantitative estimate of drug-likeness (QED) is 0.790. The van der Waals surface area contributed by atoms with Gasteiger partial charge in [0, 0.05) is 20.1 Å². The SMILES string of the molecule is CN1C(=O)[C@H]2COC[C@@H]1CN(C(=O)c1cc(Oc3ccc(CCN)cc3)ccc1F)C2. The number of carbonyl (C=O) groups excluding carboxylic acids is 2. The predicted molar refractivity (Wildman–Crippen MR) is 112 cm³/mol. The average Bonchev–Trinajstić information content (AvgIpc) is 2.95. The van der Waals surface area contributed by atoms with E-state index < -0.39 is 17.6 Å². The molecule has 0 spiro atoms. The van der Waals surface area contributed by atoms with Crippen LogP contribution in [0.2, 0.25) is 0 Å². The maximum atomic E-state index is 14.6. The van der Waals surface area contributed by atoms with Gasteiger partial charge in [0.25, 0.3) is 5.91 Å². The van der Waals surface area contributed by atoms with Crippen LogP contribution in [-0.2, 0) is 16.0 Å². The molecule has 31 heavy (non-hydrogen) atoms. The van der Waals surface area contributed by atoms with Crippen LogP contribution in [0.5, 0.6) is 11.5 Å². The molecular weight excluding hydrogens is 401 g/mol. The summed E-state index contributed by atoms with van der Waals surface area (Å²) in [4.78, 5) is 28.9. The Kier molecular flexibility index (Phi) is 6.20. The smallest absolute Gasteiger partial charge is 0.257 e. The van der Waals surface area contributed by atoms with Gasteiger partial charge in [0.05, 0.1) is 30.7 Å². The molecule has 164 valence electrons. The lowest BCUT2D eigenvalue weighted by molar-refractivity contribution is -0.133. The number of likely N-dealkylation sites (N-methyl/N-ethyl adjacent to an activating group) is 1. The number of hydrogen-bond donors (Lipinski definition) is 1. The summed E-state index contributed by atoms with van der Waals surface area (Å²) < 4.78 is 26.0. The van der Waals surface area contributed by atoms with Crippen LogP contribution in [0.4, 0.5) is 4.39 Å². The first-order chi connectivity index (χ1) is 15.0. The molecule has 2 N–H and O–H groups in total. The zero-order chi connectivity index (χ0) is 22.0. The van der Waals surface area contributed by atoms with Crippen LogP contribution in [-0.4, -0.2) is 67.6 Å². The molecule has 2 aromatic carbocycles. The van der Waals surface area contributed by atoms with E-state index in [0.29, 0.717) is 31.2 Å². The summed E-state index contributed by atoms with van der Waals surface area (Å²) in [6.07, 6.45) is 0.774. The van der Waals surface area contributed by atoms with E-state index in [1.165, 1.54) is 18.2 Å². The van der Waals surface area contributed by atoms with Gasteiger partial charge in [-0.3, -0.25) is 9.59 Å². The molecule has 0 aromatic heterocycles. The highest BCUT2D eigenvalue weighted by molar-refractivity contribution is 5.95. The maximum absolute atomic E-state index is 14.6. The number of nitrogens with two attached hydrogens (primary N) is 1. The summed E-state index contributed by atoms with van der Waals surface area (Å²) in [6.45, 7) is 1.68. The molecule has 2 amide bonds. The lowest BCUT2D eigenvalue weighted by atomic mass is 10.1. The van der Waals surface area contributed by atoms with E-state index in [2.05, 4.69) is 0 Å². The van der Waals surface area contributed by atoms with Crippen LogP contribution in [0, 0.1) is 11.7 Å². The Balaban J connectivity index is 1.54. The van der Waals surface area contributed by atoms with Gasteiger partial charge < -0.3 is 25.0 Å². The third-order valence-corrected chi connectivity index (χ3v) is 5.79. The molecule has 2 aliphatic heterocycles. The van der Waals surface area contributed by atoms with Crippen LogP contribution >= 0.6 is 0 Å². The van der Waals surface area contributed by atoms with E-state index in [4.69, 9.17) is 15.2 Å². The first-order valence-electron chi connectivity index (χ1n) is 10.4. The number of halogens is 1. The molecule has 2 aromatic rings. The van der Waals surface area contributed by atoms with Crippen molar-refractivity contribution in [1.82, 2.24) is 9.80 Å². The van der Waals surface area contributed by atoms with Crippen molar-refractivity contribution in [3.63, 3.8) is 0 Å². The zero-order valence-electron chi connectivity index (χ0n) is 17.4. The molecule has 4 rings (SSSR count). The maximum Gasteiger partial charge on any atom is 0.257 e. The van der Waals surface area contributed by atoms with E-state index >= 15 is 0 Å². The summed E-state index contributed by atoms with van der Waals surface area (Å²) in [6, 6.07) is 11.3. The molecule has 0 unspecified atom stereocenters. The van der Waals surface area contributed by atoms with Crippen LogP contribution in [0.25, 0.3) is 0 Å². The van der Waals surface area contributed by atoms with Crippen LogP contribution < -0.4 is 10.5 Å². The van der Waals surface area contributed by atoms with Crippen molar-refractivity contribution < 1.29 is 23.5 Å². The molecule has 2 bridgehead atoms. The molecule has 2 saturated heterocycles. The Bertz CT molecular complexity index is 966. The van der Waals surface area contributed by atoms with Gasteiger partial charge in [-0.25, -0.2) is 4.39 Å². The minimum Gasteiger partial charge on any atom is -0.457 e. The number of carbonyl (C=O) groups is 2. The monoisotopic (exact) mass is 427 g/mol. The van der Waals surface area contributed by atoms with E-state index in [0.717, 1.165) is 12.0 Å². The molecule has 2 atom stereocenters. The third-order valence-electron chi connectivity index (χ3n) is 5.79. The van der Waals surface area contributed by atoms with Crippen molar-refractivity contribution in [2.45, 2.75) is 12.5 Å². The van der Waals surface area contributed by atoms with Crippen molar-refractivity contribution in [2.75, 3.05) is 39.9 Å². The Morgan fingerprint density at radius 2 is 1.90 bits per heavy atom. The number of nitrogens with zero attached hydrogens (tertiary/aromatic N) is 2. The number of ether oxygens (including phenoxy) is 2. The third kappa shape index (κ3) is 4.55. The summed E-state index contributed by atoms with van der Waals surface area (Å²) >= 11 is 0. The summed E-state index contributed by atoms with van der Waals surface area (Å²) in [5, 5.41) is 0. The second-order valence-electron chi connectivity index (χ2n) is 7.97. The number of amides is 2. The largest absolute Gasteiger partial charge is 0.457 e. The average molecular weight is 427 g/mol. The zero-order valence-corrected chi connectivity index (χ0v) is 17.4. The highest BCUT2D eigenvalue weighted by atomic mass is 19.1. The minimum atomic E-state index is -0.624. The molecule has 0 saturated carbocycles. The van der Waals surface area contributed by atoms with Gasteiger partial charge >= 0.3 is 0 Å². The van der Waals surface area contributed by atoms with Crippen molar-refractivity contribution in [2.24, 2.45) is 11.7 Å². The van der Waals surface area contributed by atoms with Gasteiger partial charge in [0.2, 0.25) is 5.91 Å². The van der Waals surface area contributed by atoms with Gasteiger partial charge in [-0.2, -0.15) is 0 Å². The molecular formula is C23H26FN3O4. The van der Waals surface area contributed by atoms with Gasteiger partial charge in [0.1, 0.15) is 17.3 Å². The van der Waals surface area contributed by atoms with Gasteiger partial charge in [0.15, 0.2) is 0 Å². The first kappa shape index (κ1) is 21.3. The minimum absolute atomic E-state index is 0.0477. The van der Waals surface area contributed by atoms with Crippen LogP contribution in [0.1, 0.15) is 15.9 Å². The lowest BCUT2D eigenvalue weighted by Gasteiger charge is -2.29. The van der Waals surface area contributed by atoms with Crippen molar-refractivity contribution in [3.05, 3.63) is 59.4 Å². The predicted octanol–water partition coefficient (Wildman–Crippen LogP) is 2.05. The van der Waals surface area contributed by atoms with Gasteiger partial charge in [-0.05, 0) is 48.9 Å². The van der Waals surface area contributed by atoms with E-state index in [9.17, 15) is 14.0 Å². The van der Waals surface area contributed by atoms with Crippen molar-refractivity contribution in [3.8, 4) is 11.5 Å². The van der Waals surface area contributed by atoms with Crippen LogP contribution in [0.3, 0.4) is 0 Å². The lowest BCUT2D eigenvalue weighted by Crippen LogP contribution is -2.45. The highest BCUT2D eigenvalue weighted by Gasteiger charge is 2.39. The Labute approximate surface area is 180 Å². The van der Waals surface area contributed by atoms with Crippen molar-refractivity contribution in [1.29, 1.82) is 0 Å². The molecule has 0 radical (unpaired) electrons. The second kappa shape index (κ2) is 9.03. The molecule has 2 fully saturated rings. The van der Waals surface area contributed by atoms with Gasteiger partial charge in [-0.1, -0.05) is 12.1 Å². The fraction of sp³-hybridized carbons (Fsp3) is 0.391. The highest BCUT2D eigenvalue weighted by Crippen LogP contribution is 2.27. The molecule has 8 heteroatoms. The topological polar surface area (TPSA) is 85.1 Å². The standard InChI is InChI=1S/C23H26FN3O4/c1-26-17-12-27(11-16(22(26)28)13-30-14-17)23(29)20-10-19(6-7-21(20)24)31-18-4-2-15(3-5-18)8-9-25/h2-7,10,16-17H,8-9,11-14,25H2,1H3/t16-,17+/m1/s1. The van der Waals surface area contributed by atoms with Crippen LogP contribution in [0.15, 0.2) is 42.5 Å². The first-order valence-corrected chi connectivity index (χ1v) is 10.4. The summed E-state index contributed by atoms with van der Waals surface area (Å²) in [7, 11) is 1.72. The number of rotatable bonds is 5. The molecule has 2 heterocycles. The van der Waals surface area contributed by atoms with E-state index in [1.54, 1.807) is 16.8 Å². The van der Waals surface area contributed by atoms with Crippen molar-refractivity contribution >= 4 is 11.8 Å². The van der Waals surface area contributed by atoms with Gasteiger partial charge in [-0.15, -0.1) is 0 Å². The molecule has 7 nitrogen and oxygen atoms in total. The number of benzene rings is 2. The number of hydrogen-bond acceptors (Lipinski definition) is 5. The Morgan fingerprint density at radius 1 is 1.16 bits per heavy atom. The van der Waals surface area contributed by atoms with E-state index in [-0.39, 0.29) is 30.7 Å². The second-order valence-corrected chi connectivity index (χ2v) is 7.97. The van der Waals surface area contributed by atoms with E-state index in [1.807, 2.05) is 24.3 Å². The summed E-state index contributed by atoms with van der Waals surface area (Å²) in [5.74, 6) is -0.631. The fourth-order valence-corrected chi connectivity index (χ4v) is 3.99.